The molecule has 14 heteroatoms. The maximum Gasteiger partial charge on any atom is 0.418 e. The Balaban J connectivity index is 0.000000290. The highest BCUT2D eigenvalue weighted by atomic mass is 19.4. The van der Waals surface area contributed by atoms with Gasteiger partial charge in [0.25, 0.3) is 0 Å². The Kier molecular flexibility index (Phi) is 20.1. The second-order valence-electron chi connectivity index (χ2n) is 14.4. The number of benzene rings is 2. The van der Waals surface area contributed by atoms with Crippen molar-refractivity contribution >= 4 is 28.6 Å². The van der Waals surface area contributed by atoms with Crippen LogP contribution in [0.3, 0.4) is 0 Å². The summed E-state index contributed by atoms with van der Waals surface area (Å²) >= 11 is 0. The number of fused-ring (bicyclic) bond motifs is 3. The SMILES string of the molecule is CCCC.CCCC.NC(CNC(=O)Cc1ccccc1F)=C1CC1.O=C(CNC(=O)C1CCc2[nH]c3c(C(F)(F)F)cccc3c2C1)NCCN1CCOCC1. The molecule has 6 rings (SSSR count). The van der Waals surface area contributed by atoms with Crippen LogP contribution in [0.1, 0.15) is 95.0 Å². The Labute approximate surface area is 334 Å². The van der Waals surface area contributed by atoms with Gasteiger partial charge < -0.3 is 31.4 Å². The number of nitrogens with two attached hydrogens (primary N) is 1. The zero-order chi connectivity index (χ0) is 41.8. The molecule has 2 aromatic carbocycles. The third-order valence-corrected chi connectivity index (χ3v) is 9.92. The number of H-pyrrole nitrogens is 1. The topological polar surface area (TPSA) is 142 Å². The highest BCUT2D eigenvalue weighted by molar-refractivity contribution is 5.90. The number of hydrogen-bond donors (Lipinski definition) is 5. The molecule has 2 aliphatic carbocycles. The molecule has 1 atom stereocenters. The van der Waals surface area contributed by atoms with E-state index in [1.165, 1.54) is 43.4 Å². The zero-order valence-corrected chi connectivity index (χ0v) is 34.0. The van der Waals surface area contributed by atoms with Gasteiger partial charge in [0, 0.05) is 48.9 Å². The molecule has 2 fully saturated rings. The van der Waals surface area contributed by atoms with Crippen molar-refractivity contribution in [2.75, 3.05) is 52.5 Å². The first kappa shape index (κ1) is 46.9. The van der Waals surface area contributed by atoms with Crippen LogP contribution < -0.4 is 21.7 Å². The van der Waals surface area contributed by atoms with Gasteiger partial charge in [0.15, 0.2) is 0 Å². The molecule has 6 N–H and O–H groups in total. The van der Waals surface area contributed by atoms with Crippen molar-refractivity contribution < 1.29 is 36.7 Å². The van der Waals surface area contributed by atoms with Crippen molar-refractivity contribution in [3.8, 4) is 0 Å². The number of allylic oxidation sites excluding steroid dienone is 1. The molecule has 1 saturated heterocycles. The molecule has 57 heavy (non-hydrogen) atoms. The smallest absolute Gasteiger partial charge is 0.401 e. The van der Waals surface area contributed by atoms with Gasteiger partial charge >= 0.3 is 6.18 Å². The summed E-state index contributed by atoms with van der Waals surface area (Å²) in [6.07, 6.45) is 4.32. The van der Waals surface area contributed by atoms with Gasteiger partial charge in [0.2, 0.25) is 17.7 Å². The van der Waals surface area contributed by atoms with Crippen molar-refractivity contribution in [3.05, 3.63) is 81.9 Å². The number of halogens is 4. The Bertz CT molecular complexity index is 1740. The highest BCUT2D eigenvalue weighted by Crippen LogP contribution is 2.39. The lowest BCUT2D eigenvalue weighted by Crippen LogP contribution is -2.44. The molecule has 0 radical (unpaired) electrons. The summed E-state index contributed by atoms with van der Waals surface area (Å²) in [5.41, 5.74) is 9.00. The molecule has 3 amide bonds. The van der Waals surface area contributed by atoms with E-state index in [-0.39, 0.29) is 47.9 Å². The van der Waals surface area contributed by atoms with Crippen LogP contribution in [-0.4, -0.2) is 80.1 Å². The van der Waals surface area contributed by atoms with E-state index in [1.807, 2.05) is 0 Å². The summed E-state index contributed by atoms with van der Waals surface area (Å²) in [5.74, 6) is -1.45. The van der Waals surface area contributed by atoms with Gasteiger partial charge in [-0.1, -0.05) is 83.7 Å². The second kappa shape index (κ2) is 24.4. The molecule has 1 aromatic heterocycles. The molecule has 1 unspecified atom stereocenters. The van der Waals surface area contributed by atoms with E-state index in [2.05, 4.69) is 53.5 Å². The lowest BCUT2D eigenvalue weighted by molar-refractivity contribution is -0.136. The summed E-state index contributed by atoms with van der Waals surface area (Å²) in [6.45, 7) is 13.3. The summed E-state index contributed by atoms with van der Waals surface area (Å²) in [5, 5.41) is 8.67. The van der Waals surface area contributed by atoms with Crippen molar-refractivity contribution in [3.63, 3.8) is 0 Å². The molecule has 316 valence electrons. The zero-order valence-electron chi connectivity index (χ0n) is 34.0. The number of morpholine rings is 1. The average molecular weight is 803 g/mol. The van der Waals surface area contributed by atoms with Crippen molar-refractivity contribution in [1.82, 2.24) is 25.8 Å². The minimum atomic E-state index is -4.45. The second-order valence-corrected chi connectivity index (χ2v) is 14.4. The number of para-hydroxylation sites is 1. The number of hydrogen-bond acceptors (Lipinski definition) is 6. The quantitative estimate of drug-likeness (QED) is 0.126. The number of aryl methyl sites for hydroxylation is 1. The molecule has 10 nitrogen and oxygen atoms in total. The molecule has 3 aromatic rings. The molecule has 0 spiro atoms. The number of nitrogens with zero attached hydrogens (tertiary/aromatic N) is 1. The van der Waals surface area contributed by atoms with Gasteiger partial charge in [-0.25, -0.2) is 4.39 Å². The number of nitrogens with one attached hydrogen (secondary N) is 4. The largest absolute Gasteiger partial charge is 0.418 e. The van der Waals surface area contributed by atoms with Crippen molar-refractivity contribution in [2.45, 2.75) is 98.1 Å². The van der Waals surface area contributed by atoms with E-state index in [4.69, 9.17) is 10.5 Å². The minimum Gasteiger partial charge on any atom is -0.401 e. The Morgan fingerprint density at radius 3 is 2.14 bits per heavy atom. The lowest BCUT2D eigenvalue weighted by Gasteiger charge is -2.26. The molecule has 0 bridgehead atoms. The maximum atomic E-state index is 13.3. The third kappa shape index (κ3) is 16.2. The first-order valence-corrected chi connectivity index (χ1v) is 20.3. The van der Waals surface area contributed by atoms with Crippen LogP contribution in [0.2, 0.25) is 0 Å². The predicted molar refractivity (Wildman–Crippen MR) is 217 cm³/mol. The molecule has 3 aliphatic rings. The molecule has 2 heterocycles. The number of aromatic amines is 1. The van der Waals surface area contributed by atoms with Crippen LogP contribution in [0.5, 0.6) is 0 Å². The Morgan fingerprint density at radius 2 is 1.53 bits per heavy atom. The van der Waals surface area contributed by atoms with Crippen LogP contribution in [0.4, 0.5) is 17.6 Å². The minimum absolute atomic E-state index is 0.0509. The summed E-state index contributed by atoms with van der Waals surface area (Å²) in [4.78, 5) is 41.4. The van der Waals surface area contributed by atoms with Crippen LogP contribution in [0, 0.1) is 11.7 Å². The van der Waals surface area contributed by atoms with E-state index in [1.54, 1.807) is 24.3 Å². The molecule has 1 saturated carbocycles. The van der Waals surface area contributed by atoms with Crippen LogP contribution in [0.25, 0.3) is 10.9 Å². The van der Waals surface area contributed by atoms with Gasteiger partial charge in [0.05, 0.1) is 43.8 Å². The average Bonchev–Trinajstić information content (AvgIpc) is 4.00. The predicted octanol–water partition coefficient (Wildman–Crippen LogP) is 6.96. The van der Waals surface area contributed by atoms with E-state index in [9.17, 15) is 31.9 Å². The fourth-order valence-electron chi connectivity index (χ4n) is 6.03. The van der Waals surface area contributed by atoms with E-state index < -0.39 is 11.7 Å². The summed E-state index contributed by atoms with van der Waals surface area (Å²) in [6, 6.07) is 10.4. The fraction of sp³-hybridized carbons (Fsp3) is 0.558. The number of ether oxygens (including phenoxy) is 1. The van der Waals surface area contributed by atoms with E-state index >= 15 is 0 Å². The Hall–Kier alpha value is -4.43. The van der Waals surface area contributed by atoms with E-state index in [0.29, 0.717) is 56.5 Å². The van der Waals surface area contributed by atoms with Gasteiger partial charge in [-0.05, 0) is 60.9 Å². The number of amides is 3. The number of carbonyl (C=O) groups excluding carboxylic acids is 3. The monoisotopic (exact) mass is 802 g/mol. The third-order valence-electron chi connectivity index (χ3n) is 9.92. The number of rotatable bonds is 12. The maximum absolute atomic E-state index is 13.3. The van der Waals surface area contributed by atoms with Crippen LogP contribution in [0.15, 0.2) is 53.7 Å². The summed E-state index contributed by atoms with van der Waals surface area (Å²) in [7, 11) is 0. The summed E-state index contributed by atoms with van der Waals surface area (Å²) < 4.78 is 58.5. The van der Waals surface area contributed by atoms with Gasteiger partial charge in [-0.2, -0.15) is 13.2 Å². The van der Waals surface area contributed by atoms with Crippen LogP contribution in [-0.2, 0) is 44.6 Å². The van der Waals surface area contributed by atoms with E-state index in [0.717, 1.165) is 55.5 Å². The number of carbonyl (C=O) groups is 3. The normalized spacial score (nSPS) is 16.0. The molecular formula is C43H62F4N6O4. The van der Waals surface area contributed by atoms with Gasteiger partial charge in [-0.3, -0.25) is 19.3 Å². The number of unbranched alkanes of at least 4 members (excludes halogenated alkanes) is 2. The lowest BCUT2D eigenvalue weighted by atomic mass is 9.85. The van der Waals surface area contributed by atoms with Gasteiger partial charge in [-0.15, -0.1) is 0 Å². The first-order valence-electron chi connectivity index (χ1n) is 20.3. The number of alkyl halides is 3. The standard InChI is InChI=1S/C22H27F3N4O3.C13H15FN2O.2C4H10/c23-22(24,25)17-3-1-2-15-16-12-14(4-5-18(16)28-20(15)17)21(31)27-13-19(30)26-6-7-29-8-10-32-11-9-29;14-11-4-2-1-3-10(11)7-13(17)16-8-12(15)9-5-6-9;2*1-3-4-2/h1-3,14,28H,4-13H2,(H,26,30)(H,27,31);1-4H,5-8,15H2,(H,16,17);2*3-4H2,1-2H3. The van der Waals surface area contributed by atoms with Crippen molar-refractivity contribution in [1.29, 1.82) is 0 Å². The molecular weight excluding hydrogens is 741 g/mol. The first-order chi connectivity index (χ1) is 27.3. The van der Waals surface area contributed by atoms with Crippen molar-refractivity contribution in [2.24, 2.45) is 11.7 Å². The fourth-order valence-corrected chi connectivity index (χ4v) is 6.03. The molecule has 1 aliphatic heterocycles. The Morgan fingerprint density at radius 1 is 0.860 bits per heavy atom. The van der Waals surface area contributed by atoms with Gasteiger partial charge in [0.1, 0.15) is 5.82 Å². The highest BCUT2D eigenvalue weighted by Gasteiger charge is 2.35. The van der Waals surface area contributed by atoms with Crippen LogP contribution >= 0.6 is 0 Å². The number of aromatic nitrogens is 1.